The van der Waals surface area contributed by atoms with E-state index in [1.807, 2.05) is 0 Å². The maximum absolute atomic E-state index is 6.22. The van der Waals surface area contributed by atoms with E-state index in [0.29, 0.717) is 11.5 Å². The summed E-state index contributed by atoms with van der Waals surface area (Å²) in [7, 11) is 0. The lowest BCUT2D eigenvalue weighted by atomic mass is 9.98. The molecule has 2 fully saturated rings. The predicted molar refractivity (Wildman–Crippen MR) is 55.2 cm³/mol. The van der Waals surface area contributed by atoms with Crippen LogP contribution in [-0.4, -0.2) is 18.1 Å². The second-order valence-electron chi connectivity index (χ2n) is 4.42. The van der Waals surface area contributed by atoms with E-state index < -0.39 is 0 Å². The van der Waals surface area contributed by atoms with E-state index in [1.165, 1.54) is 44.9 Å². The van der Waals surface area contributed by atoms with Crippen molar-refractivity contribution in [2.75, 3.05) is 6.61 Å². The summed E-state index contributed by atoms with van der Waals surface area (Å²) in [6, 6.07) is 0. The van der Waals surface area contributed by atoms with Gasteiger partial charge in [-0.05, 0) is 44.4 Å². The van der Waals surface area contributed by atoms with Crippen LogP contribution in [0.1, 0.15) is 44.9 Å². The van der Waals surface area contributed by atoms with E-state index in [2.05, 4.69) is 0 Å². The average Bonchev–Trinajstić information content (AvgIpc) is 2.72. The molecule has 76 valence electrons. The second kappa shape index (κ2) is 4.65. The summed E-state index contributed by atoms with van der Waals surface area (Å²) < 4.78 is 5.60. The van der Waals surface area contributed by atoms with Crippen LogP contribution >= 0.6 is 11.6 Å². The highest BCUT2D eigenvalue weighted by atomic mass is 35.5. The minimum absolute atomic E-state index is 0.460. The maximum Gasteiger partial charge on any atom is 0.0576 e. The van der Waals surface area contributed by atoms with Crippen molar-refractivity contribution in [3.05, 3.63) is 0 Å². The van der Waals surface area contributed by atoms with E-state index in [1.54, 1.807) is 0 Å². The minimum Gasteiger partial charge on any atom is -0.378 e. The summed E-state index contributed by atoms with van der Waals surface area (Å²) in [5.41, 5.74) is 0. The molecular formula is C11H19ClO. The molecule has 0 aromatic carbocycles. The van der Waals surface area contributed by atoms with Crippen molar-refractivity contribution in [1.82, 2.24) is 0 Å². The fraction of sp³-hybridized carbons (Fsp3) is 1.00. The quantitative estimate of drug-likeness (QED) is 0.638. The van der Waals surface area contributed by atoms with E-state index in [-0.39, 0.29) is 0 Å². The standard InChI is InChI=1S/C11H19ClO/c12-11-5-1-3-9(11)6-7-10-4-2-8-13-10/h9-11H,1-8H2. The summed E-state index contributed by atoms with van der Waals surface area (Å²) in [5, 5.41) is 0.460. The van der Waals surface area contributed by atoms with Gasteiger partial charge in [0.05, 0.1) is 6.10 Å². The van der Waals surface area contributed by atoms with Crippen molar-refractivity contribution in [1.29, 1.82) is 0 Å². The van der Waals surface area contributed by atoms with Crippen LogP contribution in [-0.2, 0) is 4.74 Å². The van der Waals surface area contributed by atoms with Gasteiger partial charge in [-0.1, -0.05) is 6.42 Å². The molecule has 1 aliphatic carbocycles. The lowest BCUT2D eigenvalue weighted by molar-refractivity contribution is 0.0984. The Hall–Kier alpha value is 0.250. The van der Waals surface area contributed by atoms with Gasteiger partial charge in [0.15, 0.2) is 0 Å². The lowest BCUT2D eigenvalue weighted by Crippen LogP contribution is -2.12. The Morgan fingerprint density at radius 1 is 1.08 bits per heavy atom. The van der Waals surface area contributed by atoms with Crippen molar-refractivity contribution >= 4 is 11.6 Å². The Labute approximate surface area is 85.8 Å². The number of hydrogen-bond acceptors (Lipinski definition) is 1. The Bertz CT molecular complexity index is 154. The highest BCUT2D eigenvalue weighted by Gasteiger charge is 2.26. The zero-order valence-corrected chi connectivity index (χ0v) is 8.93. The Kier molecular flexibility index (Phi) is 3.51. The molecule has 0 spiro atoms. The predicted octanol–water partition coefficient (Wildman–Crippen LogP) is 3.35. The minimum atomic E-state index is 0.460. The molecule has 13 heavy (non-hydrogen) atoms. The second-order valence-corrected chi connectivity index (χ2v) is 4.98. The summed E-state index contributed by atoms with van der Waals surface area (Å²) in [6.45, 7) is 0.986. The molecule has 0 aromatic rings. The normalized spacial score (nSPS) is 39.9. The highest BCUT2D eigenvalue weighted by molar-refractivity contribution is 6.20. The van der Waals surface area contributed by atoms with Crippen LogP contribution < -0.4 is 0 Å². The third-order valence-corrected chi connectivity index (χ3v) is 4.02. The highest BCUT2D eigenvalue weighted by Crippen LogP contribution is 2.34. The van der Waals surface area contributed by atoms with Crippen molar-refractivity contribution in [2.45, 2.75) is 56.4 Å². The number of alkyl halides is 1. The number of hydrogen-bond donors (Lipinski definition) is 0. The molecule has 3 atom stereocenters. The van der Waals surface area contributed by atoms with Crippen molar-refractivity contribution in [3.8, 4) is 0 Å². The number of rotatable bonds is 3. The van der Waals surface area contributed by atoms with Gasteiger partial charge >= 0.3 is 0 Å². The number of halogens is 1. The smallest absolute Gasteiger partial charge is 0.0576 e. The first-order valence-corrected chi connectivity index (χ1v) is 6.05. The molecule has 1 nitrogen and oxygen atoms in total. The van der Waals surface area contributed by atoms with Crippen LogP contribution in [0.15, 0.2) is 0 Å². The van der Waals surface area contributed by atoms with Crippen LogP contribution in [0.5, 0.6) is 0 Å². The third-order valence-electron chi connectivity index (χ3n) is 3.45. The molecule has 0 aromatic heterocycles. The molecule has 0 amide bonds. The van der Waals surface area contributed by atoms with E-state index in [9.17, 15) is 0 Å². The van der Waals surface area contributed by atoms with Gasteiger partial charge in [-0.2, -0.15) is 0 Å². The van der Waals surface area contributed by atoms with Gasteiger partial charge in [-0.15, -0.1) is 11.6 Å². The fourth-order valence-corrected chi connectivity index (χ4v) is 3.00. The van der Waals surface area contributed by atoms with Gasteiger partial charge in [0.1, 0.15) is 0 Å². The van der Waals surface area contributed by atoms with Crippen molar-refractivity contribution in [2.24, 2.45) is 5.92 Å². The topological polar surface area (TPSA) is 9.23 Å². The van der Waals surface area contributed by atoms with Crippen molar-refractivity contribution < 1.29 is 4.74 Å². The van der Waals surface area contributed by atoms with Gasteiger partial charge in [-0.25, -0.2) is 0 Å². The molecule has 1 aliphatic heterocycles. The SMILES string of the molecule is ClC1CCCC1CCC1CCCO1. The van der Waals surface area contributed by atoms with Crippen LogP contribution in [0.4, 0.5) is 0 Å². The van der Waals surface area contributed by atoms with E-state index >= 15 is 0 Å². The zero-order chi connectivity index (χ0) is 9.10. The largest absolute Gasteiger partial charge is 0.378 e. The Morgan fingerprint density at radius 3 is 2.62 bits per heavy atom. The third kappa shape index (κ3) is 2.60. The molecule has 0 radical (unpaired) electrons. The fourth-order valence-electron chi connectivity index (χ4n) is 2.59. The molecule has 2 rings (SSSR count). The monoisotopic (exact) mass is 202 g/mol. The summed E-state index contributed by atoms with van der Waals surface area (Å²) in [5.74, 6) is 0.783. The summed E-state index contributed by atoms with van der Waals surface area (Å²) >= 11 is 6.22. The van der Waals surface area contributed by atoms with E-state index in [4.69, 9.17) is 16.3 Å². The zero-order valence-electron chi connectivity index (χ0n) is 8.18. The molecule has 1 heterocycles. The van der Waals surface area contributed by atoms with Crippen LogP contribution in [0.3, 0.4) is 0 Å². The van der Waals surface area contributed by atoms with Gasteiger partial charge < -0.3 is 4.74 Å². The molecule has 2 heteroatoms. The van der Waals surface area contributed by atoms with Crippen molar-refractivity contribution in [3.63, 3.8) is 0 Å². The average molecular weight is 203 g/mol. The summed E-state index contributed by atoms with van der Waals surface area (Å²) in [4.78, 5) is 0. The molecule has 3 unspecified atom stereocenters. The molecular weight excluding hydrogens is 184 g/mol. The number of ether oxygens (including phenoxy) is 1. The van der Waals surface area contributed by atoms with Gasteiger partial charge in [0.2, 0.25) is 0 Å². The van der Waals surface area contributed by atoms with Gasteiger partial charge in [0, 0.05) is 12.0 Å². The van der Waals surface area contributed by atoms with E-state index in [0.717, 1.165) is 12.5 Å². The molecule has 1 saturated carbocycles. The Balaban J connectivity index is 1.66. The molecule has 1 saturated heterocycles. The summed E-state index contributed by atoms with van der Waals surface area (Å²) in [6.07, 6.45) is 9.55. The van der Waals surface area contributed by atoms with Crippen LogP contribution in [0, 0.1) is 5.92 Å². The lowest BCUT2D eigenvalue weighted by Gasteiger charge is -2.15. The van der Waals surface area contributed by atoms with Gasteiger partial charge in [0.25, 0.3) is 0 Å². The van der Waals surface area contributed by atoms with Gasteiger partial charge in [-0.3, -0.25) is 0 Å². The first kappa shape index (κ1) is 9.79. The molecule has 0 N–H and O–H groups in total. The first-order chi connectivity index (χ1) is 6.36. The van der Waals surface area contributed by atoms with Crippen LogP contribution in [0.2, 0.25) is 0 Å². The molecule has 2 aliphatic rings. The Morgan fingerprint density at radius 2 is 2.00 bits per heavy atom. The van der Waals surface area contributed by atoms with Crippen LogP contribution in [0.25, 0.3) is 0 Å². The first-order valence-electron chi connectivity index (χ1n) is 5.62. The maximum atomic E-state index is 6.22. The molecule has 0 bridgehead atoms.